The van der Waals surface area contributed by atoms with Crippen LogP contribution in [0.1, 0.15) is 54.5 Å². The molecule has 1 aromatic carbocycles. The van der Waals surface area contributed by atoms with Crippen molar-refractivity contribution in [2.24, 2.45) is 17.8 Å². The van der Waals surface area contributed by atoms with Crippen molar-refractivity contribution in [3.63, 3.8) is 0 Å². The molecular formula is C21H22N4O3S2. The zero-order chi connectivity index (χ0) is 20.5. The number of nitro benzene ring substituents is 1. The van der Waals surface area contributed by atoms with Gasteiger partial charge in [-0.25, -0.2) is 0 Å². The predicted molar refractivity (Wildman–Crippen MR) is 116 cm³/mol. The normalized spacial score (nSPS) is 34.7. The van der Waals surface area contributed by atoms with Crippen molar-refractivity contribution in [2.45, 2.75) is 49.3 Å². The molecule has 2 aromatic rings. The number of aromatic nitrogens is 2. The maximum Gasteiger partial charge on any atom is 0.269 e. The minimum absolute atomic E-state index is 0.00952. The first-order chi connectivity index (χ1) is 14.5. The van der Waals surface area contributed by atoms with Gasteiger partial charge in [-0.15, -0.1) is 22.0 Å². The fourth-order valence-corrected chi connectivity index (χ4v) is 8.89. The second-order valence-corrected chi connectivity index (χ2v) is 11.4. The Hall–Kier alpha value is -2.00. The van der Waals surface area contributed by atoms with Crippen LogP contribution in [0.4, 0.5) is 10.8 Å². The first kappa shape index (κ1) is 18.7. The first-order valence-electron chi connectivity index (χ1n) is 10.5. The number of non-ortho nitro benzene ring substituents is 1. The number of carbonyl (C=O) groups excluding carboxylic acids is 1. The molecule has 5 aliphatic rings. The Morgan fingerprint density at radius 1 is 1.10 bits per heavy atom. The molecule has 1 amide bonds. The maximum absolute atomic E-state index is 12.7. The number of thioether (sulfide) groups is 1. The van der Waals surface area contributed by atoms with Gasteiger partial charge < -0.3 is 0 Å². The average molecular weight is 443 g/mol. The van der Waals surface area contributed by atoms with Gasteiger partial charge >= 0.3 is 0 Å². The van der Waals surface area contributed by atoms with Crippen LogP contribution in [0.25, 0.3) is 0 Å². The number of carbonyl (C=O) groups is 1. The second-order valence-electron chi connectivity index (χ2n) is 9.37. The third-order valence-electron chi connectivity index (χ3n) is 7.35. The summed E-state index contributed by atoms with van der Waals surface area (Å²) in [5.41, 5.74) is 0.951. The quantitative estimate of drug-likeness (QED) is 0.504. The van der Waals surface area contributed by atoms with Crippen LogP contribution in [-0.2, 0) is 10.2 Å². The van der Waals surface area contributed by atoms with Gasteiger partial charge in [0.25, 0.3) is 5.69 Å². The van der Waals surface area contributed by atoms with Crippen LogP contribution in [-0.4, -0.2) is 26.8 Å². The largest absolute Gasteiger partial charge is 0.273 e. The maximum atomic E-state index is 12.7. The Labute approximate surface area is 182 Å². The van der Waals surface area contributed by atoms with Crippen molar-refractivity contribution >= 4 is 39.8 Å². The first-order valence-corrected chi connectivity index (χ1v) is 12.4. The third-order valence-corrected chi connectivity index (χ3v) is 9.73. The predicted octanol–water partition coefficient (Wildman–Crippen LogP) is 4.69. The van der Waals surface area contributed by atoms with Gasteiger partial charge in [0.2, 0.25) is 11.0 Å². The Morgan fingerprint density at radius 3 is 2.47 bits per heavy atom. The Morgan fingerprint density at radius 2 is 1.80 bits per heavy atom. The molecule has 4 saturated carbocycles. The van der Waals surface area contributed by atoms with Crippen molar-refractivity contribution in [3.8, 4) is 0 Å². The van der Waals surface area contributed by atoms with Crippen molar-refractivity contribution in [2.75, 3.05) is 10.7 Å². The van der Waals surface area contributed by atoms with Crippen molar-refractivity contribution in [1.82, 2.24) is 10.2 Å². The van der Waals surface area contributed by atoms with E-state index in [-0.39, 0.29) is 22.4 Å². The monoisotopic (exact) mass is 442 g/mol. The summed E-state index contributed by atoms with van der Waals surface area (Å²) in [4.78, 5) is 25.2. The number of nitro groups is 1. The van der Waals surface area contributed by atoms with Crippen LogP contribution >= 0.6 is 23.1 Å². The molecule has 0 spiro atoms. The zero-order valence-corrected chi connectivity index (χ0v) is 18.0. The molecule has 1 atom stereocenters. The molecule has 5 fully saturated rings. The van der Waals surface area contributed by atoms with E-state index in [4.69, 9.17) is 0 Å². The molecule has 1 saturated heterocycles. The van der Waals surface area contributed by atoms with Gasteiger partial charge in [-0.3, -0.25) is 19.8 Å². The van der Waals surface area contributed by atoms with E-state index in [1.54, 1.807) is 28.4 Å². The molecule has 7 nitrogen and oxygen atoms in total. The number of hydrogen-bond acceptors (Lipinski definition) is 7. The topological polar surface area (TPSA) is 89.2 Å². The van der Waals surface area contributed by atoms with Crippen LogP contribution < -0.4 is 4.90 Å². The summed E-state index contributed by atoms with van der Waals surface area (Å²) in [7, 11) is 0. The summed E-state index contributed by atoms with van der Waals surface area (Å²) in [6.45, 7) is 0. The number of anilines is 1. The molecule has 7 rings (SSSR count). The molecular weight excluding hydrogens is 420 g/mol. The van der Waals surface area contributed by atoms with Crippen LogP contribution in [0.15, 0.2) is 24.3 Å². The fraction of sp³-hybridized carbons (Fsp3) is 0.571. The highest BCUT2D eigenvalue weighted by Gasteiger charge is 2.53. The molecule has 30 heavy (non-hydrogen) atoms. The number of nitrogens with zero attached hydrogens (tertiary/aromatic N) is 4. The average Bonchev–Trinajstić information content (AvgIpc) is 3.34. The van der Waals surface area contributed by atoms with Gasteiger partial charge in [-0.05, 0) is 61.8 Å². The summed E-state index contributed by atoms with van der Waals surface area (Å²) < 4.78 is 0. The van der Waals surface area contributed by atoms with Gasteiger partial charge in [0.15, 0.2) is 0 Å². The zero-order valence-electron chi connectivity index (χ0n) is 16.4. The fourth-order valence-electron chi connectivity index (χ4n) is 6.57. The lowest BCUT2D eigenvalue weighted by Crippen LogP contribution is -2.48. The van der Waals surface area contributed by atoms with E-state index >= 15 is 0 Å². The van der Waals surface area contributed by atoms with Gasteiger partial charge in [0, 0.05) is 17.5 Å². The SMILES string of the molecule is O=C1CSC(c2cccc([N+](=O)[O-])c2)N1c1nnc(C23CC4CC(CC(C4)C2)C3)s1. The van der Waals surface area contributed by atoms with E-state index in [1.807, 2.05) is 6.07 Å². The number of amides is 1. The summed E-state index contributed by atoms with van der Waals surface area (Å²) in [5.74, 6) is 2.81. The highest BCUT2D eigenvalue weighted by atomic mass is 32.2. The third kappa shape index (κ3) is 2.89. The lowest BCUT2D eigenvalue weighted by molar-refractivity contribution is -0.384. The highest BCUT2D eigenvalue weighted by molar-refractivity contribution is 8.00. The minimum Gasteiger partial charge on any atom is -0.273 e. The van der Waals surface area contributed by atoms with E-state index in [0.717, 1.165) is 28.3 Å². The molecule has 0 N–H and O–H groups in total. The van der Waals surface area contributed by atoms with Crippen molar-refractivity contribution in [1.29, 1.82) is 0 Å². The van der Waals surface area contributed by atoms with Gasteiger partial charge in [0.05, 0.1) is 10.7 Å². The van der Waals surface area contributed by atoms with Crippen LogP contribution in [0.3, 0.4) is 0 Å². The van der Waals surface area contributed by atoms with Crippen LogP contribution in [0.2, 0.25) is 0 Å². The van der Waals surface area contributed by atoms with E-state index in [0.29, 0.717) is 10.9 Å². The van der Waals surface area contributed by atoms with E-state index in [2.05, 4.69) is 10.2 Å². The van der Waals surface area contributed by atoms with Crippen LogP contribution in [0, 0.1) is 27.9 Å². The van der Waals surface area contributed by atoms with E-state index in [1.165, 1.54) is 56.4 Å². The van der Waals surface area contributed by atoms with E-state index in [9.17, 15) is 14.9 Å². The van der Waals surface area contributed by atoms with Gasteiger partial charge in [-0.1, -0.05) is 23.5 Å². The summed E-state index contributed by atoms with van der Waals surface area (Å²) in [5, 5.41) is 21.7. The molecule has 2 heterocycles. The smallest absolute Gasteiger partial charge is 0.269 e. The summed E-state index contributed by atoms with van der Waals surface area (Å²) in [6.07, 6.45) is 7.77. The molecule has 9 heteroatoms. The number of rotatable bonds is 4. The minimum atomic E-state index is -0.397. The standard InChI is InChI=1S/C21H22N4O3S2/c26-17-11-29-18(15-2-1-3-16(7-15)25(27)28)24(17)20-23-22-19(30-20)21-8-12-4-13(9-21)6-14(5-12)10-21/h1-3,7,12-14,18H,4-6,8-11H2. The second kappa shape index (κ2) is 6.75. The molecule has 1 aromatic heterocycles. The molecule has 0 radical (unpaired) electrons. The highest BCUT2D eigenvalue weighted by Crippen LogP contribution is 2.61. The molecule has 4 bridgehead atoms. The van der Waals surface area contributed by atoms with Crippen molar-refractivity contribution < 1.29 is 9.72 Å². The molecule has 1 aliphatic heterocycles. The van der Waals surface area contributed by atoms with Crippen molar-refractivity contribution in [3.05, 3.63) is 45.0 Å². The number of hydrogen-bond donors (Lipinski definition) is 0. The Kier molecular flexibility index (Phi) is 4.22. The Balaban J connectivity index is 1.33. The molecule has 1 unspecified atom stereocenters. The number of benzene rings is 1. The molecule has 4 aliphatic carbocycles. The lowest BCUT2D eigenvalue weighted by atomic mass is 9.50. The van der Waals surface area contributed by atoms with Crippen LogP contribution in [0.5, 0.6) is 0 Å². The van der Waals surface area contributed by atoms with E-state index < -0.39 is 4.92 Å². The van der Waals surface area contributed by atoms with Gasteiger partial charge in [-0.2, -0.15) is 0 Å². The lowest BCUT2D eigenvalue weighted by Gasteiger charge is -2.55. The Bertz CT molecular complexity index is 1000. The summed E-state index contributed by atoms with van der Waals surface area (Å²) >= 11 is 3.06. The van der Waals surface area contributed by atoms with Gasteiger partial charge in [0.1, 0.15) is 10.4 Å². The summed E-state index contributed by atoms with van der Waals surface area (Å²) in [6, 6.07) is 6.56. The molecule has 156 valence electrons.